The van der Waals surface area contributed by atoms with Crippen LogP contribution in [0, 0.1) is 5.92 Å². The average molecular weight is 276 g/mol. The second kappa shape index (κ2) is 8.02. The first-order valence-electron chi connectivity index (χ1n) is 7.43. The van der Waals surface area contributed by atoms with E-state index in [1.54, 1.807) is 0 Å². The van der Waals surface area contributed by atoms with E-state index in [1.807, 2.05) is 30.3 Å². The monoisotopic (exact) mass is 276 g/mol. The SMILES string of the molecule is O=C(CCC1CCNC1)NC(CO)Cc1ccccc1. The Morgan fingerprint density at radius 2 is 2.20 bits per heavy atom. The van der Waals surface area contributed by atoms with Crippen molar-refractivity contribution in [2.75, 3.05) is 19.7 Å². The molecule has 0 saturated carbocycles. The van der Waals surface area contributed by atoms with Crippen LogP contribution in [0.2, 0.25) is 0 Å². The fourth-order valence-electron chi connectivity index (χ4n) is 2.66. The molecule has 1 saturated heterocycles. The summed E-state index contributed by atoms with van der Waals surface area (Å²) >= 11 is 0. The molecule has 1 heterocycles. The Kier molecular flexibility index (Phi) is 6.02. The molecule has 0 radical (unpaired) electrons. The molecule has 110 valence electrons. The summed E-state index contributed by atoms with van der Waals surface area (Å²) in [4.78, 5) is 11.9. The van der Waals surface area contributed by atoms with E-state index < -0.39 is 0 Å². The van der Waals surface area contributed by atoms with Crippen molar-refractivity contribution in [1.29, 1.82) is 0 Å². The van der Waals surface area contributed by atoms with Gasteiger partial charge in [0.05, 0.1) is 12.6 Å². The Labute approximate surface area is 120 Å². The summed E-state index contributed by atoms with van der Waals surface area (Å²) in [6.07, 6.45) is 3.33. The summed E-state index contributed by atoms with van der Waals surface area (Å²) < 4.78 is 0. The fourth-order valence-corrected chi connectivity index (χ4v) is 2.66. The first-order chi connectivity index (χ1) is 9.78. The summed E-state index contributed by atoms with van der Waals surface area (Å²) in [5, 5.41) is 15.6. The molecule has 1 amide bonds. The van der Waals surface area contributed by atoms with Crippen molar-refractivity contribution < 1.29 is 9.90 Å². The van der Waals surface area contributed by atoms with Crippen molar-refractivity contribution in [3.8, 4) is 0 Å². The number of benzene rings is 1. The third-order valence-corrected chi connectivity index (χ3v) is 3.85. The first kappa shape index (κ1) is 15.0. The van der Waals surface area contributed by atoms with E-state index in [9.17, 15) is 9.90 Å². The Bertz CT molecular complexity index is 402. The van der Waals surface area contributed by atoms with Crippen LogP contribution in [-0.4, -0.2) is 36.8 Å². The van der Waals surface area contributed by atoms with E-state index in [4.69, 9.17) is 0 Å². The molecule has 4 heteroatoms. The minimum atomic E-state index is -0.188. The smallest absolute Gasteiger partial charge is 0.220 e. The molecule has 1 aliphatic heterocycles. The molecule has 0 aliphatic carbocycles. The highest BCUT2D eigenvalue weighted by atomic mass is 16.3. The van der Waals surface area contributed by atoms with Gasteiger partial charge in [-0.25, -0.2) is 0 Å². The zero-order chi connectivity index (χ0) is 14.2. The zero-order valence-corrected chi connectivity index (χ0v) is 11.8. The van der Waals surface area contributed by atoms with Gasteiger partial charge in [-0.1, -0.05) is 30.3 Å². The standard InChI is InChI=1S/C16H24N2O2/c19-12-15(10-13-4-2-1-3-5-13)18-16(20)7-6-14-8-9-17-11-14/h1-5,14-15,17,19H,6-12H2,(H,18,20). The van der Waals surface area contributed by atoms with E-state index >= 15 is 0 Å². The molecular weight excluding hydrogens is 252 g/mol. The highest BCUT2D eigenvalue weighted by Crippen LogP contribution is 2.14. The third-order valence-electron chi connectivity index (χ3n) is 3.85. The number of carbonyl (C=O) groups excluding carboxylic acids is 1. The van der Waals surface area contributed by atoms with Gasteiger partial charge in [0.1, 0.15) is 0 Å². The molecule has 3 N–H and O–H groups in total. The van der Waals surface area contributed by atoms with Crippen LogP contribution in [0.3, 0.4) is 0 Å². The van der Waals surface area contributed by atoms with Crippen molar-refractivity contribution in [1.82, 2.24) is 10.6 Å². The molecule has 0 aromatic heterocycles. The van der Waals surface area contributed by atoms with E-state index in [-0.39, 0.29) is 18.6 Å². The van der Waals surface area contributed by atoms with E-state index in [0.29, 0.717) is 18.8 Å². The predicted octanol–water partition coefficient (Wildman–Crippen LogP) is 1.10. The molecule has 20 heavy (non-hydrogen) atoms. The molecule has 1 aromatic carbocycles. The maximum absolute atomic E-state index is 11.9. The minimum absolute atomic E-state index is 0.0222. The molecular formula is C16H24N2O2. The van der Waals surface area contributed by atoms with Gasteiger partial charge in [-0.05, 0) is 43.8 Å². The highest BCUT2D eigenvalue weighted by Gasteiger charge is 2.17. The van der Waals surface area contributed by atoms with E-state index in [0.717, 1.165) is 25.1 Å². The number of aliphatic hydroxyl groups excluding tert-OH is 1. The lowest BCUT2D eigenvalue weighted by Crippen LogP contribution is -2.39. The molecule has 2 rings (SSSR count). The number of amides is 1. The molecule has 4 nitrogen and oxygen atoms in total. The summed E-state index contributed by atoms with van der Waals surface area (Å²) in [6, 6.07) is 9.74. The third kappa shape index (κ3) is 4.94. The molecule has 1 fully saturated rings. The number of aliphatic hydroxyl groups is 1. The van der Waals surface area contributed by atoms with Gasteiger partial charge in [-0.2, -0.15) is 0 Å². The topological polar surface area (TPSA) is 61.4 Å². The van der Waals surface area contributed by atoms with Crippen molar-refractivity contribution in [3.05, 3.63) is 35.9 Å². The van der Waals surface area contributed by atoms with Gasteiger partial charge in [0, 0.05) is 6.42 Å². The lowest BCUT2D eigenvalue weighted by molar-refractivity contribution is -0.122. The van der Waals surface area contributed by atoms with Crippen LogP contribution in [0.5, 0.6) is 0 Å². The second-order valence-corrected chi connectivity index (χ2v) is 5.53. The predicted molar refractivity (Wildman–Crippen MR) is 79.4 cm³/mol. The normalized spacial score (nSPS) is 19.8. The van der Waals surface area contributed by atoms with Crippen molar-refractivity contribution in [2.45, 2.75) is 31.7 Å². The molecule has 2 unspecified atom stereocenters. The van der Waals surface area contributed by atoms with E-state index in [2.05, 4.69) is 10.6 Å². The largest absolute Gasteiger partial charge is 0.394 e. The quantitative estimate of drug-likeness (QED) is 0.699. The second-order valence-electron chi connectivity index (χ2n) is 5.53. The molecule has 2 atom stereocenters. The van der Waals surface area contributed by atoms with Crippen LogP contribution in [0.1, 0.15) is 24.8 Å². The lowest BCUT2D eigenvalue weighted by atomic mass is 10.0. The van der Waals surface area contributed by atoms with Crippen LogP contribution in [-0.2, 0) is 11.2 Å². The van der Waals surface area contributed by atoms with Crippen LogP contribution >= 0.6 is 0 Å². The number of nitrogens with one attached hydrogen (secondary N) is 2. The number of hydrogen-bond acceptors (Lipinski definition) is 3. The summed E-state index contributed by atoms with van der Waals surface area (Å²) in [6.45, 7) is 2.08. The molecule has 0 spiro atoms. The van der Waals surface area contributed by atoms with Crippen molar-refractivity contribution in [2.24, 2.45) is 5.92 Å². The summed E-state index contributed by atoms with van der Waals surface area (Å²) in [5.74, 6) is 0.675. The summed E-state index contributed by atoms with van der Waals surface area (Å²) in [5.41, 5.74) is 1.13. The number of hydrogen-bond donors (Lipinski definition) is 3. The lowest BCUT2D eigenvalue weighted by Gasteiger charge is -2.17. The molecule has 0 bridgehead atoms. The number of carbonyl (C=O) groups is 1. The molecule has 1 aromatic rings. The van der Waals surface area contributed by atoms with Crippen LogP contribution < -0.4 is 10.6 Å². The van der Waals surface area contributed by atoms with E-state index in [1.165, 1.54) is 6.42 Å². The Morgan fingerprint density at radius 1 is 1.40 bits per heavy atom. The Morgan fingerprint density at radius 3 is 2.85 bits per heavy atom. The number of rotatable bonds is 7. The Hall–Kier alpha value is -1.39. The van der Waals surface area contributed by atoms with Gasteiger partial charge < -0.3 is 15.7 Å². The van der Waals surface area contributed by atoms with Crippen LogP contribution in [0.15, 0.2) is 30.3 Å². The Balaban J connectivity index is 1.72. The zero-order valence-electron chi connectivity index (χ0n) is 11.8. The maximum atomic E-state index is 11.9. The van der Waals surface area contributed by atoms with Crippen molar-refractivity contribution in [3.63, 3.8) is 0 Å². The van der Waals surface area contributed by atoms with Crippen molar-refractivity contribution >= 4 is 5.91 Å². The molecule has 1 aliphatic rings. The highest BCUT2D eigenvalue weighted by molar-refractivity contribution is 5.76. The van der Waals surface area contributed by atoms with Gasteiger partial charge >= 0.3 is 0 Å². The fraction of sp³-hybridized carbons (Fsp3) is 0.562. The van der Waals surface area contributed by atoms with Crippen LogP contribution in [0.25, 0.3) is 0 Å². The maximum Gasteiger partial charge on any atom is 0.220 e. The first-order valence-corrected chi connectivity index (χ1v) is 7.43. The van der Waals surface area contributed by atoms with Gasteiger partial charge in [-0.3, -0.25) is 4.79 Å². The average Bonchev–Trinajstić information content (AvgIpc) is 2.99. The van der Waals surface area contributed by atoms with Crippen LogP contribution in [0.4, 0.5) is 0 Å². The van der Waals surface area contributed by atoms with Gasteiger partial charge in [0.15, 0.2) is 0 Å². The van der Waals surface area contributed by atoms with Gasteiger partial charge in [0.2, 0.25) is 5.91 Å². The summed E-state index contributed by atoms with van der Waals surface area (Å²) in [7, 11) is 0. The van der Waals surface area contributed by atoms with Gasteiger partial charge in [-0.15, -0.1) is 0 Å². The van der Waals surface area contributed by atoms with Gasteiger partial charge in [0.25, 0.3) is 0 Å². The minimum Gasteiger partial charge on any atom is -0.394 e.